The van der Waals surface area contributed by atoms with Crippen LogP contribution >= 0.6 is 27.5 Å². The summed E-state index contributed by atoms with van der Waals surface area (Å²) in [6, 6.07) is 6.10. The fourth-order valence-corrected chi connectivity index (χ4v) is 3.45. The largest absolute Gasteiger partial charge is 0.384 e. The van der Waals surface area contributed by atoms with Gasteiger partial charge in [-0.15, -0.1) is 0 Å². The van der Waals surface area contributed by atoms with Crippen molar-refractivity contribution >= 4 is 27.5 Å². The van der Waals surface area contributed by atoms with Crippen LogP contribution in [0.1, 0.15) is 18.0 Å². The Bertz CT molecular complexity index is 430. The third kappa shape index (κ3) is 3.70. The molecule has 0 radical (unpaired) electrons. The van der Waals surface area contributed by atoms with Gasteiger partial charge in [0, 0.05) is 35.7 Å². The lowest BCUT2D eigenvalue weighted by Crippen LogP contribution is -2.32. The molecule has 19 heavy (non-hydrogen) atoms. The topological polar surface area (TPSA) is 38.5 Å². The number of rotatable bonds is 5. The predicted molar refractivity (Wildman–Crippen MR) is 82.5 cm³/mol. The van der Waals surface area contributed by atoms with E-state index < -0.39 is 0 Å². The normalized spacial score (nSPS) is 21.8. The molecule has 1 aliphatic rings. The fraction of sp³-hybridized carbons (Fsp3) is 0.571. The first-order valence-electron chi connectivity index (χ1n) is 6.53. The molecule has 3 nitrogen and oxygen atoms in total. The standard InChI is InChI=1S/C14H20BrClN2O/c1-19-9-10-4-5-18(8-10)14(7-17)12-6-11(16)2-3-13(12)15/h2-3,6,10,14H,4-5,7-9,17H2,1H3. The molecule has 2 unspecified atom stereocenters. The molecule has 1 fully saturated rings. The van der Waals surface area contributed by atoms with E-state index in [0.717, 1.165) is 29.2 Å². The number of likely N-dealkylation sites (tertiary alicyclic amines) is 1. The molecule has 0 saturated carbocycles. The molecule has 2 atom stereocenters. The Labute approximate surface area is 128 Å². The minimum absolute atomic E-state index is 0.218. The molecule has 0 spiro atoms. The van der Waals surface area contributed by atoms with Gasteiger partial charge in [-0.2, -0.15) is 0 Å². The highest BCUT2D eigenvalue weighted by Crippen LogP contribution is 2.33. The second-order valence-electron chi connectivity index (χ2n) is 5.02. The fourth-order valence-electron chi connectivity index (χ4n) is 2.76. The Balaban J connectivity index is 2.14. The van der Waals surface area contributed by atoms with E-state index in [1.54, 1.807) is 7.11 Å². The third-order valence-electron chi connectivity index (χ3n) is 3.70. The number of nitrogens with zero attached hydrogens (tertiary/aromatic N) is 1. The third-order valence-corrected chi connectivity index (χ3v) is 4.66. The van der Waals surface area contributed by atoms with Crippen molar-refractivity contribution in [1.82, 2.24) is 4.90 Å². The molecule has 0 amide bonds. The Morgan fingerprint density at radius 2 is 2.37 bits per heavy atom. The van der Waals surface area contributed by atoms with Crippen LogP contribution in [0.25, 0.3) is 0 Å². The first kappa shape index (κ1) is 15.3. The van der Waals surface area contributed by atoms with Crippen LogP contribution in [0.4, 0.5) is 0 Å². The summed E-state index contributed by atoms with van der Waals surface area (Å²) < 4.78 is 6.32. The van der Waals surface area contributed by atoms with Gasteiger partial charge in [-0.1, -0.05) is 27.5 Å². The van der Waals surface area contributed by atoms with E-state index in [9.17, 15) is 0 Å². The Kier molecular flexibility index (Phi) is 5.66. The Hall–Kier alpha value is -0.130. The monoisotopic (exact) mass is 346 g/mol. The minimum Gasteiger partial charge on any atom is -0.384 e. The zero-order valence-corrected chi connectivity index (χ0v) is 13.5. The van der Waals surface area contributed by atoms with Crippen LogP contribution in [0.15, 0.2) is 22.7 Å². The van der Waals surface area contributed by atoms with Crippen LogP contribution < -0.4 is 5.73 Å². The molecular weight excluding hydrogens is 328 g/mol. The van der Waals surface area contributed by atoms with E-state index in [1.165, 1.54) is 12.0 Å². The van der Waals surface area contributed by atoms with Crippen LogP contribution in [-0.2, 0) is 4.74 Å². The SMILES string of the molecule is COCC1CCN(C(CN)c2cc(Cl)ccc2Br)C1. The molecule has 5 heteroatoms. The number of nitrogens with two attached hydrogens (primary N) is 1. The average Bonchev–Trinajstić information content (AvgIpc) is 2.83. The maximum atomic E-state index is 6.10. The number of benzene rings is 1. The van der Waals surface area contributed by atoms with E-state index in [0.29, 0.717) is 12.5 Å². The van der Waals surface area contributed by atoms with Crippen LogP contribution in [-0.4, -0.2) is 38.3 Å². The molecule has 0 aromatic heterocycles. The van der Waals surface area contributed by atoms with Crippen molar-refractivity contribution in [3.63, 3.8) is 0 Å². The van der Waals surface area contributed by atoms with Gasteiger partial charge in [-0.25, -0.2) is 0 Å². The highest BCUT2D eigenvalue weighted by molar-refractivity contribution is 9.10. The van der Waals surface area contributed by atoms with Crippen molar-refractivity contribution < 1.29 is 4.74 Å². The molecule has 0 bridgehead atoms. The van der Waals surface area contributed by atoms with Gasteiger partial charge in [0.2, 0.25) is 0 Å². The van der Waals surface area contributed by atoms with Crippen LogP contribution in [0.2, 0.25) is 5.02 Å². The van der Waals surface area contributed by atoms with Crippen molar-refractivity contribution in [2.45, 2.75) is 12.5 Å². The molecule has 1 aliphatic heterocycles. The number of halogens is 2. The van der Waals surface area contributed by atoms with Gasteiger partial charge in [0.1, 0.15) is 0 Å². The number of ether oxygens (including phenoxy) is 1. The lowest BCUT2D eigenvalue weighted by atomic mass is 10.1. The van der Waals surface area contributed by atoms with Gasteiger partial charge in [0.05, 0.1) is 6.61 Å². The summed E-state index contributed by atoms with van der Waals surface area (Å²) in [5, 5.41) is 0.754. The Morgan fingerprint density at radius 1 is 1.58 bits per heavy atom. The first-order valence-corrected chi connectivity index (χ1v) is 7.70. The highest BCUT2D eigenvalue weighted by atomic mass is 79.9. The van der Waals surface area contributed by atoms with E-state index >= 15 is 0 Å². The Morgan fingerprint density at radius 3 is 3.05 bits per heavy atom. The maximum absolute atomic E-state index is 6.10. The van der Waals surface area contributed by atoms with Crippen LogP contribution in [0.5, 0.6) is 0 Å². The van der Waals surface area contributed by atoms with Gasteiger partial charge in [-0.05, 0) is 42.6 Å². The summed E-state index contributed by atoms with van der Waals surface area (Å²) in [6.07, 6.45) is 1.17. The summed E-state index contributed by atoms with van der Waals surface area (Å²) in [5.74, 6) is 0.608. The van der Waals surface area contributed by atoms with Gasteiger partial charge >= 0.3 is 0 Å². The summed E-state index contributed by atoms with van der Waals surface area (Å²) in [6.45, 7) is 3.52. The molecule has 2 rings (SSSR count). The van der Waals surface area contributed by atoms with Crippen molar-refractivity contribution in [3.8, 4) is 0 Å². The second-order valence-corrected chi connectivity index (χ2v) is 6.31. The van der Waals surface area contributed by atoms with E-state index in [1.807, 2.05) is 18.2 Å². The van der Waals surface area contributed by atoms with Gasteiger partial charge < -0.3 is 10.5 Å². The zero-order chi connectivity index (χ0) is 13.8. The summed E-state index contributed by atoms with van der Waals surface area (Å²) >= 11 is 9.70. The number of methoxy groups -OCH3 is 1. The van der Waals surface area contributed by atoms with Gasteiger partial charge in [-0.3, -0.25) is 4.90 Å². The average molecular weight is 348 g/mol. The summed E-state index contributed by atoms with van der Waals surface area (Å²) in [4.78, 5) is 2.43. The van der Waals surface area contributed by atoms with Crippen molar-refractivity contribution in [2.24, 2.45) is 11.7 Å². The van der Waals surface area contributed by atoms with Crippen LogP contribution in [0.3, 0.4) is 0 Å². The van der Waals surface area contributed by atoms with E-state index in [2.05, 4.69) is 20.8 Å². The lowest BCUT2D eigenvalue weighted by Gasteiger charge is -2.28. The molecule has 1 heterocycles. The van der Waals surface area contributed by atoms with Crippen LogP contribution in [0, 0.1) is 5.92 Å². The smallest absolute Gasteiger partial charge is 0.0503 e. The zero-order valence-electron chi connectivity index (χ0n) is 11.1. The predicted octanol–water partition coefficient (Wildman–Crippen LogP) is 3.07. The molecule has 0 aliphatic carbocycles. The first-order chi connectivity index (χ1) is 9.15. The van der Waals surface area contributed by atoms with Crippen molar-refractivity contribution in [2.75, 3.05) is 33.4 Å². The molecule has 106 valence electrons. The van der Waals surface area contributed by atoms with E-state index in [-0.39, 0.29) is 6.04 Å². The lowest BCUT2D eigenvalue weighted by molar-refractivity contribution is 0.147. The number of hydrogen-bond donors (Lipinski definition) is 1. The highest BCUT2D eigenvalue weighted by Gasteiger charge is 2.29. The maximum Gasteiger partial charge on any atom is 0.0503 e. The molecular formula is C14H20BrClN2O. The molecule has 2 N–H and O–H groups in total. The quantitative estimate of drug-likeness (QED) is 0.889. The van der Waals surface area contributed by atoms with Crippen molar-refractivity contribution in [3.05, 3.63) is 33.3 Å². The van der Waals surface area contributed by atoms with Crippen molar-refractivity contribution in [1.29, 1.82) is 0 Å². The minimum atomic E-state index is 0.218. The molecule has 1 aromatic carbocycles. The van der Waals surface area contributed by atoms with Gasteiger partial charge in [0.25, 0.3) is 0 Å². The number of hydrogen-bond acceptors (Lipinski definition) is 3. The molecule has 1 saturated heterocycles. The summed E-state index contributed by atoms with van der Waals surface area (Å²) in [7, 11) is 1.76. The van der Waals surface area contributed by atoms with Gasteiger partial charge in [0.15, 0.2) is 0 Å². The second kappa shape index (κ2) is 7.04. The molecule has 1 aromatic rings. The van der Waals surface area contributed by atoms with E-state index in [4.69, 9.17) is 22.1 Å². The summed E-state index contributed by atoms with van der Waals surface area (Å²) in [5.41, 5.74) is 7.16.